The van der Waals surface area contributed by atoms with E-state index in [0.717, 1.165) is 19.3 Å². The number of rotatable bonds is 1. The number of amides is 1. The Labute approximate surface area is 77.1 Å². The van der Waals surface area contributed by atoms with Crippen molar-refractivity contribution < 1.29 is 9.18 Å². The van der Waals surface area contributed by atoms with Crippen molar-refractivity contribution in [2.75, 3.05) is 20.1 Å². The molecule has 2 aliphatic rings. The lowest BCUT2D eigenvalue weighted by molar-refractivity contribution is -0.143. The van der Waals surface area contributed by atoms with Gasteiger partial charge in [-0.05, 0) is 12.8 Å². The fourth-order valence-corrected chi connectivity index (χ4v) is 2.50. The third-order valence-corrected chi connectivity index (χ3v) is 3.57. The molecule has 0 aromatic carbocycles. The summed E-state index contributed by atoms with van der Waals surface area (Å²) in [4.78, 5) is 11.4. The summed E-state index contributed by atoms with van der Waals surface area (Å²) in [5.41, 5.74) is -2.06. The highest BCUT2D eigenvalue weighted by Gasteiger charge is 2.62. The van der Waals surface area contributed by atoms with Crippen LogP contribution in [0.4, 0.5) is 4.39 Å². The van der Waals surface area contributed by atoms with Crippen LogP contribution in [0.15, 0.2) is 0 Å². The Morgan fingerprint density at radius 3 is 2.62 bits per heavy atom. The second kappa shape index (κ2) is 2.67. The van der Waals surface area contributed by atoms with Gasteiger partial charge in [0.2, 0.25) is 5.67 Å². The van der Waals surface area contributed by atoms with Crippen LogP contribution in [0.25, 0.3) is 0 Å². The van der Waals surface area contributed by atoms with Crippen molar-refractivity contribution in [3.8, 4) is 0 Å². The average Bonchev–Trinajstić information content (AvgIpc) is 2.42. The molecule has 1 heterocycles. The number of hydrogen-bond donors (Lipinski definition) is 2. The molecule has 0 radical (unpaired) electrons. The molecule has 0 bridgehead atoms. The Bertz CT molecular complexity index is 240. The van der Waals surface area contributed by atoms with E-state index in [9.17, 15) is 9.18 Å². The molecule has 1 amide bonds. The van der Waals surface area contributed by atoms with E-state index in [0.29, 0.717) is 6.54 Å². The fraction of sp³-hybridized carbons (Fsp3) is 0.889. The summed E-state index contributed by atoms with van der Waals surface area (Å²) in [6.07, 6.45) is 2.72. The summed E-state index contributed by atoms with van der Waals surface area (Å²) in [6, 6.07) is 0. The van der Waals surface area contributed by atoms with Crippen molar-refractivity contribution in [2.45, 2.75) is 24.9 Å². The fourth-order valence-electron chi connectivity index (χ4n) is 2.50. The first-order chi connectivity index (χ1) is 6.15. The molecule has 1 atom stereocenters. The van der Waals surface area contributed by atoms with Crippen LogP contribution in [-0.2, 0) is 4.79 Å². The predicted molar refractivity (Wildman–Crippen MR) is 47.1 cm³/mol. The molecule has 0 aromatic heterocycles. The topological polar surface area (TPSA) is 41.1 Å². The number of halogens is 1. The van der Waals surface area contributed by atoms with Crippen LogP contribution in [0.3, 0.4) is 0 Å². The Hall–Kier alpha value is -0.640. The Morgan fingerprint density at radius 1 is 1.46 bits per heavy atom. The standard InChI is InChI=1S/C9H15FN2O/c1-11-7(13)9(10)6-12-5-8(9)3-2-4-8/h12H,2-6H2,1H3,(H,11,13). The molecule has 2 fully saturated rings. The van der Waals surface area contributed by atoms with Gasteiger partial charge in [0, 0.05) is 25.6 Å². The minimum Gasteiger partial charge on any atom is -0.356 e. The molecule has 74 valence electrons. The molecular weight excluding hydrogens is 171 g/mol. The number of carbonyl (C=O) groups is 1. The number of nitrogens with one attached hydrogen (secondary N) is 2. The molecule has 1 saturated carbocycles. The lowest BCUT2D eigenvalue weighted by atomic mass is 9.61. The second-order valence-electron chi connectivity index (χ2n) is 4.12. The average molecular weight is 186 g/mol. The minimum atomic E-state index is -1.67. The van der Waals surface area contributed by atoms with E-state index in [1.54, 1.807) is 0 Å². The first-order valence-corrected chi connectivity index (χ1v) is 4.76. The van der Waals surface area contributed by atoms with E-state index >= 15 is 0 Å². The molecule has 1 aliphatic carbocycles. The number of carbonyl (C=O) groups excluding carboxylic acids is 1. The lowest BCUT2D eigenvalue weighted by Crippen LogP contribution is -2.57. The largest absolute Gasteiger partial charge is 0.356 e. The van der Waals surface area contributed by atoms with Gasteiger partial charge in [-0.1, -0.05) is 6.42 Å². The molecule has 1 unspecified atom stereocenters. The van der Waals surface area contributed by atoms with Crippen molar-refractivity contribution in [1.82, 2.24) is 10.6 Å². The minimum absolute atomic E-state index is 0.173. The number of alkyl halides is 1. The van der Waals surface area contributed by atoms with Crippen LogP contribution in [0, 0.1) is 5.41 Å². The maximum absolute atomic E-state index is 14.3. The summed E-state index contributed by atoms with van der Waals surface area (Å²) in [5.74, 6) is -0.461. The molecule has 1 saturated heterocycles. The molecular formula is C9H15FN2O. The first kappa shape index (κ1) is 8.94. The second-order valence-corrected chi connectivity index (χ2v) is 4.12. The summed E-state index contributed by atoms with van der Waals surface area (Å²) in [5, 5.41) is 5.40. The zero-order valence-electron chi connectivity index (χ0n) is 7.82. The van der Waals surface area contributed by atoms with Gasteiger partial charge in [0.15, 0.2) is 0 Å². The molecule has 2 N–H and O–H groups in total. The van der Waals surface area contributed by atoms with E-state index in [1.165, 1.54) is 7.05 Å². The maximum Gasteiger partial charge on any atom is 0.259 e. The zero-order valence-corrected chi connectivity index (χ0v) is 7.82. The van der Waals surface area contributed by atoms with Gasteiger partial charge in [0.1, 0.15) is 0 Å². The third-order valence-electron chi connectivity index (χ3n) is 3.57. The molecule has 1 spiro atoms. The highest BCUT2D eigenvalue weighted by atomic mass is 19.1. The van der Waals surface area contributed by atoms with E-state index in [1.807, 2.05) is 0 Å². The van der Waals surface area contributed by atoms with Crippen molar-refractivity contribution in [3.05, 3.63) is 0 Å². The van der Waals surface area contributed by atoms with Gasteiger partial charge in [-0.25, -0.2) is 4.39 Å². The van der Waals surface area contributed by atoms with Crippen molar-refractivity contribution >= 4 is 5.91 Å². The van der Waals surface area contributed by atoms with E-state index in [2.05, 4.69) is 10.6 Å². The van der Waals surface area contributed by atoms with Gasteiger partial charge in [-0.2, -0.15) is 0 Å². The smallest absolute Gasteiger partial charge is 0.259 e. The van der Waals surface area contributed by atoms with Gasteiger partial charge in [0.05, 0.1) is 0 Å². The summed E-state index contributed by atoms with van der Waals surface area (Å²) < 4.78 is 14.3. The molecule has 1 aliphatic heterocycles. The Balaban J connectivity index is 2.24. The molecule has 2 rings (SSSR count). The van der Waals surface area contributed by atoms with Crippen LogP contribution < -0.4 is 10.6 Å². The monoisotopic (exact) mass is 186 g/mol. The lowest BCUT2D eigenvalue weighted by Gasteiger charge is -2.45. The zero-order chi connectivity index (χ0) is 9.53. The van der Waals surface area contributed by atoms with Gasteiger partial charge in [0.25, 0.3) is 5.91 Å². The number of hydrogen-bond acceptors (Lipinski definition) is 2. The van der Waals surface area contributed by atoms with Crippen LogP contribution in [0.1, 0.15) is 19.3 Å². The predicted octanol–water partition coefficient (Wildman–Crippen LogP) is 0.214. The summed E-state index contributed by atoms with van der Waals surface area (Å²) >= 11 is 0. The van der Waals surface area contributed by atoms with Crippen molar-refractivity contribution in [2.24, 2.45) is 5.41 Å². The van der Waals surface area contributed by atoms with E-state index in [4.69, 9.17) is 0 Å². The highest BCUT2D eigenvalue weighted by molar-refractivity contribution is 5.87. The van der Waals surface area contributed by atoms with Gasteiger partial charge >= 0.3 is 0 Å². The Morgan fingerprint density at radius 2 is 2.15 bits per heavy atom. The molecule has 3 nitrogen and oxygen atoms in total. The van der Waals surface area contributed by atoms with Gasteiger partial charge in [-0.15, -0.1) is 0 Å². The third kappa shape index (κ3) is 0.950. The molecule has 0 aromatic rings. The molecule has 4 heteroatoms. The molecule has 13 heavy (non-hydrogen) atoms. The van der Waals surface area contributed by atoms with Crippen LogP contribution in [0.2, 0.25) is 0 Å². The van der Waals surface area contributed by atoms with Gasteiger partial charge < -0.3 is 10.6 Å². The summed E-state index contributed by atoms with van der Waals surface area (Å²) in [7, 11) is 1.49. The van der Waals surface area contributed by atoms with Crippen LogP contribution in [0.5, 0.6) is 0 Å². The van der Waals surface area contributed by atoms with E-state index < -0.39 is 17.0 Å². The quantitative estimate of drug-likeness (QED) is 0.615. The van der Waals surface area contributed by atoms with Crippen molar-refractivity contribution in [1.29, 1.82) is 0 Å². The van der Waals surface area contributed by atoms with Crippen LogP contribution >= 0.6 is 0 Å². The maximum atomic E-state index is 14.3. The summed E-state index contributed by atoms with van der Waals surface area (Å²) in [6.45, 7) is 0.823. The van der Waals surface area contributed by atoms with Crippen LogP contribution in [-0.4, -0.2) is 31.7 Å². The van der Waals surface area contributed by atoms with Crippen molar-refractivity contribution in [3.63, 3.8) is 0 Å². The highest BCUT2D eigenvalue weighted by Crippen LogP contribution is 2.53. The van der Waals surface area contributed by atoms with E-state index in [-0.39, 0.29) is 6.54 Å². The first-order valence-electron chi connectivity index (χ1n) is 4.76. The normalized spacial score (nSPS) is 35.8. The van der Waals surface area contributed by atoms with Gasteiger partial charge in [-0.3, -0.25) is 4.79 Å². The Kier molecular flexibility index (Phi) is 1.84. The SMILES string of the molecule is CNC(=O)C1(F)CNCC12CCC2.